The minimum absolute atomic E-state index is 0.0184. The van der Waals surface area contributed by atoms with Crippen LogP contribution < -0.4 is 0 Å². The van der Waals surface area contributed by atoms with E-state index in [1.807, 2.05) is 6.92 Å². The lowest BCUT2D eigenvalue weighted by atomic mass is 9.86. The van der Waals surface area contributed by atoms with Gasteiger partial charge < -0.3 is 9.47 Å². The van der Waals surface area contributed by atoms with Gasteiger partial charge in [0.15, 0.2) is 15.7 Å². The number of carbonyl (C=O) groups excluding carboxylic acids is 1. The van der Waals surface area contributed by atoms with E-state index in [2.05, 4.69) is 9.97 Å². The number of sulfone groups is 1. The average Bonchev–Trinajstić information content (AvgIpc) is 3.33. The summed E-state index contributed by atoms with van der Waals surface area (Å²) in [6.45, 7) is 5.55. The van der Waals surface area contributed by atoms with Crippen molar-refractivity contribution in [2.45, 2.75) is 87.8 Å². The Balaban J connectivity index is 1.41. The molecule has 2 heterocycles. The topological polar surface area (TPSA) is 98.7 Å². The standard InChI is InChI=1S/C22H32FN3O5S/c1-13(2)31-21(27)26-14(3)7-19(32(4,28)29)18(26)12-30-17-5-6-22(9-15(22)8-17)20-24-10-16(23)11-25-20/h10-11,13-15,17-19H,5-9,12H2,1-4H3/t14-,15?,17?,18-,19+,22?/m1/s1. The Labute approximate surface area is 188 Å². The number of halogens is 1. The molecule has 32 heavy (non-hydrogen) atoms. The summed E-state index contributed by atoms with van der Waals surface area (Å²) in [5, 5.41) is -0.673. The number of carbonyl (C=O) groups is 1. The molecule has 0 N–H and O–H groups in total. The van der Waals surface area contributed by atoms with Crippen molar-refractivity contribution in [2.24, 2.45) is 5.92 Å². The van der Waals surface area contributed by atoms with Crippen LogP contribution in [0, 0.1) is 11.7 Å². The normalized spacial score (nSPS) is 34.4. The number of rotatable bonds is 6. The number of aromatic nitrogens is 2. The predicted molar refractivity (Wildman–Crippen MR) is 115 cm³/mol. The summed E-state index contributed by atoms with van der Waals surface area (Å²) < 4.78 is 49.6. The summed E-state index contributed by atoms with van der Waals surface area (Å²) in [5.74, 6) is 0.639. The van der Waals surface area contributed by atoms with Gasteiger partial charge in [-0.3, -0.25) is 4.90 Å². The van der Waals surface area contributed by atoms with Gasteiger partial charge in [-0.15, -0.1) is 0 Å². The Kier molecular flexibility index (Phi) is 6.21. The molecule has 1 aliphatic heterocycles. The lowest BCUT2D eigenvalue weighted by molar-refractivity contribution is -0.0115. The van der Waals surface area contributed by atoms with Gasteiger partial charge in [0.2, 0.25) is 0 Å². The number of hydrogen-bond donors (Lipinski definition) is 0. The second kappa shape index (κ2) is 8.52. The van der Waals surface area contributed by atoms with Crippen molar-refractivity contribution in [2.75, 3.05) is 12.9 Å². The molecule has 0 spiro atoms. The molecule has 1 amide bonds. The zero-order valence-corrected chi connectivity index (χ0v) is 19.8. The van der Waals surface area contributed by atoms with Crippen molar-refractivity contribution in [3.05, 3.63) is 24.0 Å². The number of fused-ring (bicyclic) bond motifs is 1. The van der Waals surface area contributed by atoms with Crippen LogP contribution in [0.2, 0.25) is 0 Å². The van der Waals surface area contributed by atoms with E-state index in [-0.39, 0.29) is 30.3 Å². The number of hydrogen-bond acceptors (Lipinski definition) is 7. The van der Waals surface area contributed by atoms with Crippen molar-refractivity contribution < 1.29 is 27.1 Å². The molecule has 0 aromatic carbocycles. The van der Waals surface area contributed by atoms with E-state index in [0.29, 0.717) is 18.2 Å². The van der Waals surface area contributed by atoms with Crippen molar-refractivity contribution in [1.29, 1.82) is 0 Å². The summed E-state index contributed by atoms with van der Waals surface area (Å²) in [4.78, 5) is 22.6. The molecular formula is C22H32FN3O5S. The Bertz CT molecular complexity index is 957. The van der Waals surface area contributed by atoms with E-state index in [1.54, 1.807) is 18.7 Å². The largest absolute Gasteiger partial charge is 0.447 e. The Morgan fingerprint density at radius 3 is 2.59 bits per heavy atom. The zero-order chi connectivity index (χ0) is 23.3. The van der Waals surface area contributed by atoms with Gasteiger partial charge in [0.05, 0.1) is 42.5 Å². The maximum Gasteiger partial charge on any atom is 0.410 e. The number of ether oxygens (including phenoxy) is 2. The molecule has 1 aromatic rings. The lowest BCUT2D eigenvalue weighted by Gasteiger charge is -2.33. The highest BCUT2D eigenvalue weighted by Gasteiger charge is 2.60. The van der Waals surface area contributed by atoms with Crippen LogP contribution >= 0.6 is 0 Å². The fraction of sp³-hybridized carbons (Fsp3) is 0.773. The van der Waals surface area contributed by atoms with Crippen LogP contribution in [0.4, 0.5) is 9.18 Å². The summed E-state index contributed by atoms with van der Waals surface area (Å²) >= 11 is 0. The van der Waals surface area contributed by atoms with E-state index in [4.69, 9.17) is 9.47 Å². The molecule has 1 aromatic heterocycles. The van der Waals surface area contributed by atoms with Crippen LogP contribution in [0.25, 0.3) is 0 Å². The van der Waals surface area contributed by atoms with E-state index in [1.165, 1.54) is 18.6 Å². The quantitative estimate of drug-likeness (QED) is 0.632. The molecule has 10 heteroatoms. The third-order valence-electron chi connectivity index (χ3n) is 7.19. The Morgan fingerprint density at radius 1 is 1.31 bits per heavy atom. The highest BCUT2D eigenvalue weighted by Crippen LogP contribution is 2.61. The summed E-state index contributed by atoms with van der Waals surface area (Å²) in [5.41, 5.74) is -0.0855. The third-order valence-corrected chi connectivity index (χ3v) is 8.80. The molecule has 178 valence electrons. The van der Waals surface area contributed by atoms with Crippen molar-refractivity contribution in [3.8, 4) is 0 Å². The van der Waals surface area contributed by atoms with Gasteiger partial charge in [-0.25, -0.2) is 27.6 Å². The third kappa shape index (κ3) is 4.48. The molecule has 3 unspecified atom stereocenters. The molecule has 2 saturated carbocycles. The molecular weight excluding hydrogens is 437 g/mol. The fourth-order valence-corrected chi connectivity index (χ4v) is 6.94. The first-order chi connectivity index (χ1) is 15.0. The van der Waals surface area contributed by atoms with Crippen molar-refractivity contribution >= 4 is 15.9 Å². The summed E-state index contributed by atoms with van der Waals surface area (Å²) in [6, 6.07) is -0.815. The van der Waals surface area contributed by atoms with Crippen molar-refractivity contribution in [1.82, 2.24) is 14.9 Å². The first kappa shape index (κ1) is 23.4. The lowest BCUT2D eigenvalue weighted by Crippen LogP contribution is -2.48. The number of likely N-dealkylation sites (tertiary alicyclic amines) is 1. The molecule has 3 aliphatic rings. The first-order valence-electron chi connectivity index (χ1n) is 11.3. The zero-order valence-electron chi connectivity index (χ0n) is 19.0. The molecule has 1 saturated heterocycles. The second-order valence-corrected chi connectivity index (χ2v) is 12.1. The molecule has 2 aliphatic carbocycles. The van der Waals surface area contributed by atoms with Gasteiger partial charge in [0.25, 0.3) is 0 Å². The Hall–Kier alpha value is -1.81. The summed E-state index contributed by atoms with van der Waals surface area (Å²) in [6.07, 6.45) is 6.64. The molecule has 4 rings (SSSR count). The highest BCUT2D eigenvalue weighted by atomic mass is 32.2. The van der Waals surface area contributed by atoms with Gasteiger partial charge in [-0.05, 0) is 58.8 Å². The second-order valence-electron chi connectivity index (χ2n) is 9.87. The molecule has 0 radical (unpaired) electrons. The van der Waals surface area contributed by atoms with Gasteiger partial charge in [0, 0.05) is 17.7 Å². The maximum atomic E-state index is 13.2. The van der Waals surface area contributed by atoms with E-state index >= 15 is 0 Å². The first-order valence-corrected chi connectivity index (χ1v) is 13.2. The smallest absolute Gasteiger partial charge is 0.410 e. The SMILES string of the molecule is CC(C)OC(=O)N1[C@H](C)C[C@H](S(C)(=O)=O)[C@H]1COC1CCC2(c3ncc(F)cn3)CC2C1. The van der Waals surface area contributed by atoms with Crippen molar-refractivity contribution in [3.63, 3.8) is 0 Å². The van der Waals surface area contributed by atoms with Crippen LogP contribution in [-0.4, -0.2) is 71.8 Å². The number of nitrogens with zero attached hydrogens (tertiary/aromatic N) is 3. The van der Waals surface area contributed by atoms with Gasteiger partial charge in [0.1, 0.15) is 5.82 Å². The monoisotopic (exact) mass is 469 g/mol. The minimum Gasteiger partial charge on any atom is -0.447 e. The summed E-state index contributed by atoms with van der Waals surface area (Å²) in [7, 11) is -3.36. The van der Waals surface area contributed by atoms with Gasteiger partial charge >= 0.3 is 6.09 Å². The Morgan fingerprint density at radius 2 is 2.00 bits per heavy atom. The fourth-order valence-electron chi connectivity index (χ4n) is 5.53. The van der Waals surface area contributed by atoms with E-state index < -0.39 is 33.0 Å². The highest BCUT2D eigenvalue weighted by molar-refractivity contribution is 7.91. The predicted octanol–water partition coefficient (Wildman–Crippen LogP) is 2.86. The van der Waals surface area contributed by atoms with Crippen LogP contribution in [0.1, 0.15) is 58.7 Å². The van der Waals surface area contributed by atoms with Crippen LogP contribution in [0.3, 0.4) is 0 Å². The van der Waals surface area contributed by atoms with E-state index in [0.717, 1.165) is 25.7 Å². The molecule has 3 fully saturated rings. The molecule has 0 bridgehead atoms. The minimum atomic E-state index is -3.36. The maximum absolute atomic E-state index is 13.2. The average molecular weight is 470 g/mol. The van der Waals surface area contributed by atoms with Gasteiger partial charge in [-0.2, -0.15) is 0 Å². The van der Waals surface area contributed by atoms with Crippen LogP contribution in [0.5, 0.6) is 0 Å². The number of amides is 1. The van der Waals surface area contributed by atoms with E-state index in [9.17, 15) is 17.6 Å². The van der Waals surface area contributed by atoms with Gasteiger partial charge in [-0.1, -0.05) is 0 Å². The van der Waals surface area contributed by atoms with Crippen LogP contribution in [-0.2, 0) is 24.7 Å². The molecule has 8 nitrogen and oxygen atoms in total. The molecule has 6 atom stereocenters. The van der Waals surface area contributed by atoms with Crippen LogP contribution in [0.15, 0.2) is 12.4 Å².